The van der Waals surface area contributed by atoms with E-state index < -0.39 is 9.84 Å². The summed E-state index contributed by atoms with van der Waals surface area (Å²) in [4.78, 5) is 11.9. The average Bonchev–Trinajstić information content (AvgIpc) is 3.49. The molecule has 0 aliphatic heterocycles. The van der Waals surface area contributed by atoms with Crippen molar-refractivity contribution < 1.29 is 8.42 Å². The van der Waals surface area contributed by atoms with E-state index >= 15 is 0 Å². The molecule has 6 rings (SSSR count). The highest BCUT2D eigenvalue weighted by molar-refractivity contribution is 7.90. The molecule has 3 heterocycles. The van der Waals surface area contributed by atoms with Crippen LogP contribution in [0.1, 0.15) is 19.3 Å². The van der Waals surface area contributed by atoms with E-state index in [2.05, 4.69) is 25.4 Å². The molecule has 8 nitrogen and oxygen atoms in total. The fraction of sp³-hybridized carbons (Fsp3) is 0.174. The molecule has 0 bridgehead atoms. The zero-order valence-corrected chi connectivity index (χ0v) is 18.3. The minimum Gasteiger partial charge on any atom is -0.345 e. The summed E-state index contributed by atoms with van der Waals surface area (Å²) in [5.74, 6) is 0.394. The SMILES string of the molecule is C1CC1.CS(=O)(=O)c1ccccc1-c1ccc2cnc(Nc3ccc4nc[nH]c4c3)nn12. The summed E-state index contributed by atoms with van der Waals surface area (Å²) in [6.07, 6.45) is 9.04. The first-order valence-corrected chi connectivity index (χ1v) is 12.2. The second-order valence-corrected chi connectivity index (χ2v) is 9.71. The van der Waals surface area contributed by atoms with Crippen molar-refractivity contribution in [1.29, 1.82) is 0 Å². The van der Waals surface area contributed by atoms with Crippen LogP contribution in [0.15, 0.2) is 72.0 Å². The fourth-order valence-corrected chi connectivity index (χ4v) is 4.20. The van der Waals surface area contributed by atoms with Gasteiger partial charge >= 0.3 is 0 Å². The molecule has 0 unspecified atom stereocenters. The lowest BCUT2D eigenvalue weighted by Gasteiger charge is -2.09. The third kappa shape index (κ3) is 4.19. The molecule has 1 aliphatic rings. The maximum Gasteiger partial charge on any atom is 0.245 e. The van der Waals surface area contributed by atoms with E-state index in [1.165, 1.54) is 25.5 Å². The van der Waals surface area contributed by atoms with Crippen LogP contribution >= 0.6 is 0 Å². The van der Waals surface area contributed by atoms with Gasteiger partial charge in [-0.25, -0.2) is 22.9 Å². The highest BCUT2D eigenvalue weighted by atomic mass is 32.2. The quantitative estimate of drug-likeness (QED) is 0.418. The van der Waals surface area contributed by atoms with Gasteiger partial charge in [0, 0.05) is 17.5 Å². The molecule has 162 valence electrons. The van der Waals surface area contributed by atoms with Crippen LogP contribution in [0, 0.1) is 0 Å². The summed E-state index contributed by atoms with van der Waals surface area (Å²) < 4.78 is 26.1. The van der Waals surface area contributed by atoms with Crippen LogP contribution in [0.25, 0.3) is 27.8 Å². The third-order valence-corrected chi connectivity index (χ3v) is 6.15. The molecule has 0 atom stereocenters. The van der Waals surface area contributed by atoms with Gasteiger partial charge in [-0.1, -0.05) is 37.5 Å². The van der Waals surface area contributed by atoms with Gasteiger partial charge in [-0.3, -0.25) is 0 Å². The van der Waals surface area contributed by atoms with E-state index in [4.69, 9.17) is 0 Å². The van der Waals surface area contributed by atoms with E-state index in [0.717, 1.165) is 22.2 Å². The van der Waals surface area contributed by atoms with Gasteiger partial charge in [-0.15, -0.1) is 5.10 Å². The van der Waals surface area contributed by atoms with Crippen LogP contribution in [-0.2, 0) is 9.84 Å². The van der Waals surface area contributed by atoms with E-state index in [0.29, 0.717) is 17.2 Å². The van der Waals surface area contributed by atoms with Gasteiger partial charge in [0.25, 0.3) is 0 Å². The van der Waals surface area contributed by atoms with Crippen molar-refractivity contribution in [3.05, 3.63) is 67.1 Å². The molecule has 0 spiro atoms. The summed E-state index contributed by atoms with van der Waals surface area (Å²) in [6, 6.07) is 16.3. The van der Waals surface area contributed by atoms with Crippen molar-refractivity contribution >= 4 is 38.0 Å². The van der Waals surface area contributed by atoms with Gasteiger partial charge in [0.15, 0.2) is 9.84 Å². The first kappa shape index (κ1) is 20.2. The molecule has 3 aromatic heterocycles. The average molecular weight is 447 g/mol. The number of imidazole rings is 1. The lowest BCUT2D eigenvalue weighted by atomic mass is 10.1. The van der Waals surface area contributed by atoms with Crippen molar-refractivity contribution in [1.82, 2.24) is 24.6 Å². The van der Waals surface area contributed by atoms with Gasteiger partial charge in [-0.2, -0.15) is 0 Å². The molecule has 9 heteroatoms. The Kier molecular flexibility index (Phi) is 5.10. The van der Waals surface area contributed by atoms with Crippen LogP contribution < -0.4 is 5.32 Å². The molecule has 1 aliphatic carbocycles. The summed E-state index contributed by atoms with van der Waals surface area (Å²) in [6.45, 7) is 0. The fourth-order valence-electron chi connectivity index (χ4n) is 3.31. The number of hydrogen-bond acceptors (Lipinski definition) is 6. The normalized spacial score (nSPS) is 13.0. The lowest BCUT2D eigenvalue weighted by Crippen LogP contribution is -2.05. The van der Waals surface area contributed by atoms with Crippen molar-refractivity contribution in [2.75, 3.05) is 11.6 Å². The Morgan fingerprint density at radius 1 is 1.00 bits per heavy atom. The Morgan fingerprint density at radius 2 is 1.81 bits per heavy atom. The van der Waals surface area contributed by atoms with E-state index in [-0.39, 0.29) is 4.90 Å². The molecular formula is C23H22N6O2S. The molecule has 5 aromatic rings. The second-order valence-electron chi connectivity index (χ2n) is 7.73. The number of sulfone groups is 1. The summed E-state index contributed by atoms with van der Waals surface area (Å²) >= 11 is 0. The second kappa shape index (κ2) is 8.08. The smallest absolute Gasteiger partial charge is 0.245 e. The van der Waals surface area contributed by atoms with Crippen LogP contribution in [-0.4, -0.2) is 39.2 Å². The number of aromatic amines is 1. The molecule has 1 fully saturated rings. The number of anilines is 2. The van der Waals surface area contributed by atoms with Gasteiger partial charge in [0.2, 0.25) is 5.95 Å². The Morgan fingerprint density at radius 3 is 2.59 bits per heavy atom. The van der Waals surface area contributed by atoms with E-state index in [1.807, 2.05) is 36.4 Å². The van der Waals surface area contributed by atoms with Gasteiger partial charge in [0.05, 0.1) is 39.7 Å². The predicted molar refractivity (Wildman–Crippen MR) is 125 cm³/mol. The number of H-pyrrole nitrogens is 1. The number of nitrogens with one attached hydrogen (secondary N) is 2. The highest BCUT2D eigenvalue weighted by Gasteiger charge is 2.17. The Labute approximate surface area is 185 Å². The number of benzene rings is 2. The molecule has 0 saturated heterocycles. The lowest BCUT2D eigenvalue weighted by molar-refractivity contribution is 0.602. The van der Waals surface area contributed by atoms with E-state index in [9.17, 15) is 8.42 Å². The maximum absolute atomic E-state index is 12.2. The minimum absolute atomic E-state index is 0.262. The number of nitrogens with zero attached hydrogens (tertiary/aromatic N) is 4. The van der Waals surface area contributed by atoms with Crippen molar-refractivity contribution in [2.24, 2.45) is 0 Å². The largest absolute Gasteiger partial charge is 0.345 e. The minimum atomic E-state index is -3.38. The van der Waals surface area contributed by atoms with Gasteiger partial charge in [-0.05, 0) is 36.4 Å². The molecule has 1 saturated carbocycles. The molecule has 0 radical (unpaired) electrons. The standard InChI is InChI=1S/C20H16N6O2S.C3H6/c1-29(27,28)19-5-3-2-4-15(19)18-9-7-14-11-21-20(25-26(14)18)24-13-6-8-16-17(10-13)23-12-22-16;1-2-3-1/h2-12H,1H3,(H,22,23)(H,24,25);1-3H2. The topological polar surface area (TPSA) is 105 Å². The first-order chi connectivity index (χ1) is 15.5. The van der Waals surface area contributed by atoms with Crippen LogP contribution in [0.4, 0.5) is 11.6 Å². The first-order valence-electron chi connectivity index (χ1n) is 10.3. The van der Waals surface area contributed by atoms with Crippen molar-refractivity contribution in [3.8, 4) is 11.3 Å². The predicted octanol–water partition coefficient (Wildman–Crippen LogP) is 4.59. The number of aromatic nitrogens is 5. The molecule has 32 heavy (non-hydrogen) atoms. The van der Waals surface area contributed by atoms with Crippen molar-refractivity contribution in [3.63, 3.8) is 0 Å². The molecule has 2 N–H and O–H groups in total. The summed E-state index contributed by atoms with van der Waals surface area (Å²) in [5, 5.41) is 7.75. The Balaban J connectivity index is 0.000000666. The Bertz CT molecular complexity index is 1520. The number of hydrogen-bond donors (Lipinski definition) is 2. The third-order valence-electron chi connectivity index (χ3n) is 4.99. The monoisotopic (exact) mass is 446 g/mol. The summed E-state index contributed by atoms with van der Waals surface area (Å²) in [7, 11) is -3.38. The van der Waals surface area contributed by atoms with Crippen LogP contribution in [0.2, 0.25) is 0 Å². The van der Waals surface area contributed by atoms with Crippen molar-refractivity contribution in [2.45, 2.75) is 24.2 Å². The molecule has 0 amide bonds. The van der Waals surface area contributed by atoms with E-state index in [1.54, 1.807) is 35.2 Å². The molecular weight excluding hydrogens is 424 g/mol. The number of rotatable bonds is 4. The van der Waals surface area contributed by atoms with Gasteiger partial charge < -0.3 is 10.3 Å². The summed E-state index contributed by atoms with van der Waals surface area (Å²) in [5.41, 5.74) is 4.62. The van der Waals surface area contributed by atoms with Crippen LogP contribution in [0.3, 0.4) is 0 Å². The van der Waals surface area contributed by atoms with Gasteiger partial charge in [0.1, 0.15) is 0 Å². The van der Waals surface area contributed by atoms with Crippen LogP contribution in [0.5, 0.6) is 0 Å². The zero-order chi connectivity index (χ0) is 22.1. The zero-order valence-electron chi connectivity index (χ0n) is 17.5. The number of fused-ring (bicyclic) bond motifs is 2. The Hall–Kier alpha value is -3.72. The maximum atomic E-state index is 12.2. The molecule has 2 aromatic carbocycles. The highest BCUT2D eigenvalue weighted by Crippen LogP contribution is 2.29.